The highest BCUT2D eigenvalue weighted by Gasteiger charge is 2.13. The number of hydrogen-bond donors (Lipinski definition) is 2. The van der Waals surface area contributed by atoms with Crippen molar-refractivity contribution >= 4 is 0 Å². The summed E-state index contributed by atoms with van der Waals surface area (Å²) in [4.78, 5) is 3.98. The van der Waals surface area contributed by atoms with E-state index in [0.717, 1.165) is 11.9 Å². The molecule has 6 nitrogen and oxygen atoms in total. The average molecular weight is 236 g/mol. The van der Waals surface area contributed by atoms with Gasteiger partial charge in [0.05, 0.1) is 23.6 Å². The molecule has 0 aliphatic heterocycles. The Morgan fingerprint density at radius 3 is 2.88 bits per heavy atom. The molecular weight excluding hydrogens is 223 g/mol. The molecule has 2 aromatic rings. The van der Waals surface area contributed by atoms with Gasteiger partial charge in [0.25, 0.3) is 0 Å². The third-order valence-electron chi connectivity index (χ3n) is 2.37. The van der Waals surface area contributed by atoms with Gasteiger partial charge < -0.3 is 0 Å². The van der Waals surface area contributed by atoms with Crippen molar-refractivity contribution in [3.05, 3.63) is 41.7 Å². The summed E-state index contributed by atoms with van der Waals surface area (Å²) in [5.41, 5.74) is 4.09. The van der Waals surface area contributed by atoms with Crippen LogP contribution in [0.2, 0.25) is 0 Å². The lowest BCUT2D eigenvalue weighted by molar-refractivity contribution is 0.527. The van der Waals surface area contributed by atoms with E-state index >= 15 is 0 Å². The van der Waals surface area contributed by atoms with Crippen LogP contribution in [0.4, 0.5) is 4.39 Å². The topological polar surface area (TPSA) is 81.7 Å². The maximum Gasteiger partial charge on any atom is 0.141 e. The zero-order valence-electron chi connectivity index (χ0n) is 9.34. The summed E-state index contributed by atoms with van der Waals surface area (Å²) >= 11 is 0. The van der Waals surface area contributed by atoms with E-state index in [1.165, 1.54) is 6.07 Å². The SMILES string of the molecule is Cn1cc(CC(NN)c2ccc(F)cn2)nn1. The van der Waals surface area contributed by atoms with Gasteiger partial charge in [-0.2, -0.15) is 0 Å². The van der Waals surface area contributed by atoms with Crippen LogP contribution in [0.15, 0.2) is 24.5 Å². The molecule has 0 aromatic carbocycles. The van der Waals surface area contributed by atoms with Crippen LogP contribution in [0.1, 0.15) is 17.4 Å². The zero-order valence-corrected chi connectivity index (χ0v) is 9.34. The van der Waals surface area contributed by atoms with Crippen LogP contribution in [0, 0.1) is 5.82 Å². The Bertz CT molecular complexity index is 480. The highest BCUT2D eigenvalue weighted by atomic mass is 19.1. The largest absolute Gasteiger partial charge is 0.271 e. The number of nitrogens with two attached hydrogens (primary N) is 1. The molecule has 0 aliphatic rings. The standard InChI is InChI=1S/C10H13FN6/c1-17-6-8(15-16-17)4-10(14-12)9-3-2-7(11)5-13-9/h2-3,5-6,10,14H,4,12H2,1H3. The minimum absolute atomic E-state index is 0.215. The number of nitrogens with zero attached hydrogens (tertiary/aromatic N) is 4. The Labute approximate surface area is 97.6 Å². The number of aryl methyl sites for hydroxylation is 1. The fraction of sp³-hybridized carbons (Fsp3) is 0.300. The van der Waals surface area contributed by atoms with Crippen molar-refractivity contribution in [2.24, 2.45) is 12.9 Å². The molecule has 3 N–H and O–H groups in total. The number of pyridine rings is 1. The van der Waals surface area contributed by atoms with Crippen molar-refractivity contribution < 1.29 is 4.39 Å². The van der Waals surface area contributed by atoms with E-state index in [9.17, 15) is 4.39 Å². The van der Waals surface area contributed by atoms with Gasteiger partial charge in [0.2, 0.25) is 0 Å². The highest BCUT2D eigenvalue weighted by Crippen LogP contribution is 2.14. The van der Waals surface area contributed by atoms with Crippen LogP contribution in [0.3, 0.4) is 0 Å². The molecule has 90 valence electrons. The van der Waals surface area contributed by atoms with Gasteiger partial charge >= 0.3 is 0 Å². The van der Waals surface area contributed by atoms with E-state index in [-0.39, 0.29) is 11.9 Å². The smallest absolute Gasteiger partial charge is 0.141 e. The first-order chi connectivity index (χ1) is 8.19. The number of aromatic nitrogens is 4. The molecule has 0 saturated carbocycles. The van der Waals surface area contributed by atoms with Crippen LogP contribution >= 0.6 is 0 Å². The highest BCUT2D eigenvalue weighted by molar-refractivity contribution is 5.12. The molecule has 0 bridgehead atoms. The molecule has 0 fully saturated rings. The summed E-state index contributed by atoms with van der Waals surface area (Å²) < 4.78 is 14.4. The van der Waals surface area contributed by atoms with Gasteiger partial charge in [0.1, 0.15) is 5.82 Å². The average Bonchev–Trinajstić information content (AvgIpc) is 2.73. The molecule has 1 atom stereocenters. The van der Waals surface area contributed by atoms with E-state index < -0.39 is 0 Å². The predicted molar refractivity (Wildman–Crippen MR) is 59.0 cm³/mol. The summed E-state index contributed by atoms with van der Waals surface area (Å²) in [6, 6.07) is 2.73. The molecular formula is C10H13FN6. The van der Waals surface area contributed by atoms with Gasteiger partial charge in [-0.25, -0.2) is 4.39 Å². The summed E-state index contributed by atoms with van der Waals surface area (Å²) in [7, 11) is 1.79. The van der Waals surface area contributed by atoms with Crippen molar-refractivity contribution in [2.45, 2.75) is 12.5 Å². The summed E-state index contributed by atoms with van der Waals surface area (Å²) in [5.74, 6) is 5.09. The molecule has 0 radical (unpaired) electrons. The van der Waals surface area contributed by atoms with E-state index in [1.54, 1.807) is 24.0 Å². The Balaban J connectivity index is 2.13. The Morgan fingerprint density at radius 1 is 1.53 bits per heavy atom. The molecule has 1 unspecified atom stereocenters. The molecule has 0 spiro atoms. The third kappa shape index (κ3) is 2.83. The molecule has 2 heterocycles. The van der Waals surface area contributed by atoms with Gasteiger partial charge in [-0.1, -0.05) is 5.21 Å². The van der Waals surface area contributed by atoms with Gasteiger partial charge in [-0.05, 0) is 12.1 Å². The van der Waals surface area contributed by atoms with Crippen LogP contribution in [0.5, 0.6) is 0 Å². The van der Waals surface area contributed by atoms with E-state index in [1.807, 2.05) is 0 Å². The van der Waals surface area contributed by atoms with Crippen molar-refractivity contribution in [3.8, 4) is 0 Å². The lowest BCUT2D eigenvalue weighted by Gasteiger charge is -2.13. The molecule has 0 saturated heterocycles. The summed E-state index contributed by atoms with van der Waals surface area (Å²) in [6.45, 7) is 0. The van der Waals surface area contributed by atoms with Gasteiger partial charge in [0, 0.05) is 19.7 Å². The van der Waals surface area contributed by atoms with Crippen LogP contribution < -0.4 is 11.3 Å². The van der Waals surface area contributed by atoms with Crippen molar-refractivity contribution in [3.63, 3.8) is 0 Å². The molecule has 2 rings (SSSR count). The molecule has 7 heteroatoms. The first-order valence-electron chi connectivity index (χ1n) is 5.12. The Hall–Kier alpha value is -1.86. The zero-order chi connectivity index (χ0) is 12.3. The normalized spacial score (nSPS) is 12.6. The third-order valence-corrected chi connectivity index (χ3v) is 2.37. The summed E-state index contributed by atoms with van der Waals surface area (Å²) in [5, 5.41) is 7.79. The van der Waals surface area contributed by atoms with Crippen molar-refractivity contribution in [1.82, 2.24) is 25.4 Å². The fourth-order valence-electron chi connectivity index (χ4n) is 1.54. The Morgan fingerprint density at radius 2 is 2.35 bits per heavy atom. The predicted octanol–water partition coefficient (Wildman–Crippen LogP) is 0.0963. The van der Waals surface area contributed by atoms with Crippen molar-refractivity contribution in [1.29, 1.82) is 0 Å². The fourth-order valence-corrected chi connectivity index (χ4v) is 1.54. The Kier molecular flexibility index (Phi) is 3.40. The number of hydrazine groups is 1. The first-order valence-corrected chi connectivity index (χ1v) is 5.12. The second kappa shape index (κ2) is 4.98. The number of rotatable bonds is 4. The lowest BCUT2D eigenvalue weighted by atomic mass is 10.1. The maximum absolute atomic E-state index is 12.7. The molecule has 0 amide bonds. The maximum atomic E-state index is 12.7. The monoisotopic (exact) mass is 236 g/mol. The van der Waals surface area contributed by atoms with E-state index in [4.69, 9.17) is 5.84 Å². The van der Waals surface area contributed by atoms with Crippen LogP contribution in [-0.2, 0) is 13.5 Å². The second-order valence-corrected chi connectivity index (χ2v) is 3.71. The van der Waals surface area contributed by atoms with Crippen molar-refractivity contribution in [2.75, 3.05) is 0 Å². The summed E-state index contributed by atoms with van der Waals surface area (Å²) in [6.07, 6.45) is 3.51. The quantitative estimate of drug-likeness (QED) is 0.581. The minimum Gasteiger partial charge on any atom is -0.271 e. The molecule has 17 heavy (non-hydrogen) atoms. The lowest BCUT2D eigenvalue weighted by Crippen LogP contribution is -2.30. The minimum atomic E-state index is -0.371. The number of hydrogen-bond acceptors (Lipinski definition) is 5. The van der Waals surface area contributed by atoms with Gasteiger partial charge in [-0.3, -0.25) is 20.9 Å². The van der Waals surface area contributed by atoms with Crippen LogP contribution in [-0.4, -0.2) is 20.0 Å². The molecule has 0 aliphatic carbocycles. The van der Waals surface area contributed by atoms with Crippen LogP contribution in [0.25, 0.3) is 0 Å². The first kappa shape index (κ1) is 11.6. The molecule has 2 aromatic heterocycles. The number of halogens is 1. The van der Waals surface area contributed by atoms with E-state index in [2.05, 4.69) is 20.7 Å². The van der Waals surface area contributed by atoms with Gasteiger partial charge in [-0.15, -0.1) is 5.10 Å². The van der Waals surface area contributed by atoms with E-state index in [0.29, 0.717) is 12.1 Å². The van der Waals surface area contributed by atoms with Gasteiger partial charge in [0.15, 0.2) is 0 Å². The second-order valence-electron chi connectivity index (χ2n) is 3.71. The number of nitrogens with one attached hydrogen (secondary N) is 1.